The number of thiophene rings is 1. The molecule has 2 aromatic heterocycles. The van der Waals surface area contributed by atoms with Crippen molar-refractivity contribution in [3.8, 4) is 16.9 Å². The maximum Gasteiger partial charge on any atom is 0.259 e. The van der Waals surface area contributed by atoms with Crippen molar-refractivity contribution >= 4 is 31.4 Å². The van der Waals surface area contributed by atoms with Gasteiger partial charge in [0.15, 0.2) is 0 Å². The van der Waals surface area contributed by atoms with Gasteiger partial charge in [0.25, 0.3) is 5.56 Å². The van der Waals surface area contributed by atoms with Gasteiger partial charge >= 0.3 is 0 Å². The Labute approximate surface area is 197 Å². The largest absolute Gasteiger partial charge is 0.493 e. The van der Waals surface area contributed by atoms with Crippen molar-refractivity contribution in [3.63, 3.8) is 0 Å². The normalized spacial score (nSPS) is 15.8. The van der Waals surface area contributed by atoms with Crippen LogP contribution in [0.2, 0.25) is 0 Å². The molecule has 178 valence electrons. The first-order valence-electron chi connectivity index (χ1n) is 10.9. The van der Waals surface area contributed by atoms with Crippen molar-refractivity contribution in [2.75, 3.05) is 45.6 Å². The predicted octanol–water partition coefficient (Wildman–Crippen LogP) is 2.11. The fourth-order valence-corrected chi connectivity index (χ4v) is 6.08. The number of pyridine rings is 1. The van der Waals surface area contributed by atoms with Crippen LogP contribution in [-0.4, -0.2) is 72.9 Å². The molecular formula is C23H29N3O5S2. The summed E-state index contributed by atoms with van der Waals surface area (Å²) in [5.74, 6) is 0.725. The number of hydrogen-bond acceptors (Lipinski definition) is 7. The number of ether oxygens (including phenoxy) is 1. The van der Waals surface area contributed by atoms with Crippen LogP contribution in [0, 0.1) is 0 Å². The van der Waals surface area contributed by atoms with Gasteiger partial charge in [0, 0.05) is 74.1 Å². The fraction of sp³-hybridized carbons (Fsp3) is 0.435. The molecule has 1 aliphatic heterocycles. The molecule has 0 amide bonds. The van der Waals surface area contributed by atoms with Crippen LogP contribution in [0.1, 0.15) is 11.3 Å². The zero-order valence-corrected chi connectivity index (χ0v) is 20.5. The molecule has 1 aliphatic rings. The van der Waals surface area contributed by atoms with Crippen molar-refractivity contribution in [3.05, 3.63) is 51.8 Å². The summed E-state index contributed by atoms with van der Waals surface area (Å²) in [5.41, 5.74) is 1.90. The average molecular weight is 492 g/mol. The lowest BCUT2D eigenvalue weighted by molar-refractivity contribution is 0.183. The summed E-state index contributed by atoms with van der Waals surface area (Å²) < 4.78 is 33.3. The van der Waals surface area contributed by atoms with Crippen LogP contribution in [0.4, 0.5) is 0 Å². The standard InChI is InChI=1S/C23H29N3O5S2/c1-24-16-21(17-5-3-6-18(13-17)31-12-4-11-27)22-20(23(24)28)14-19(32-22)15-25-7-9-26(10-8-25)33(2,29)30/h3,5-6,13-14,16,27H,4,7-12,15H2,1-2H3. The van der Waals surface area contributed by atoms with Gasteiger partial charge in [-0.1, -0.05) is 12.1 Å². The van der Waals surface area contributed by atoms with Gasteiger partial charge in [-0.2, -0.15) is 4.31 Å². The monoisotopic (exact) mass is 491 g/mol. The Hall–Kier alpha value is -2.24. The number of hydrogen-bond donors (Lipinski definition) is 1. The van der Waals surface area contributed by atoms with Crippen LogP contribution in [0.15, 0.2) is 41.3 Å². The third kappa shape index (κ3) is 5.47. The lowest BCUT2D eigenvalue weighted by Gasteiger charge is -2.32. The minimum Gasteiger partial charge on any atom is -0.493 e. The molecular weight excluding hydrogens is 462 g/mol. The van der Waals surface area contributed by atoms with Crippen molar-refractivity contribution in [1.29, 1.82) is 0 Å². The topological polar surface area (TPSA) is 92.1 Å². The van der Waals surface area contributed by atoms with E-state index in [1.165, 1.54) is 10.6 Å². The molecule has 0 atom stereocenters. The number of aromatic nitrogens is 1. The van der Waals surface area contributed by atoms with Crippen LogP contribution in [0.25, 0.3) is 21.2 Å². The molecule has 3 heterocycles. The molecule has 0 unspecified atom stereocenters. The number of benzene rings is 1. The SMILES string of the molecule is Cn1cc(-c2cccc(OCCCO)c2)c2sc(CN3CCN(S(C)(=O)=O)CC3)cc2c1=O. The Bertz CT molecular complexity index is 1290. The third-order valence-corrected chi connectivity index (χ3v) is 8.25. The number of fused-ring (bicyclic) bond motifs is 1. The quantitative estimate of drug-likeness (QED) is 0.485. The zero-order chi connectivity index (χ0) is 23.6. The summed E-state index contributed by atoms with van der Waals surface area (Å²) in [6.07, 6.45) is 3.68. The molecule has 0 bridgehead atoms. The zero-order valence-electron chi connectivity index (χ0n) is 18.9. The van der Waals surface area contributed by atoms with E-state index in [0.29, 0.717) is 51.1 Å². The fourth-order valence-electron chi connectivity index (χ4n) is 4.03. The summed E-state index contributed by atoms with van der Waals surface area (Å²) in [6.45, 7) is 3.52. The summed E-state index contributed by atoms with van der Waals surface area (Å²) in [4.78, 5) is 16.2. The van der Waals surface area contributed by atoms with Crippen LogP contribution in [0.5, 0.6) is 5.75 Å². The van der Waals surface area contributed by atoms with E-state index in [-0.39, 0.29) is 12.2 Å². The minimum atomic E-state index is -3.16. The Morgan fingerprint density at radius 3 is 2.61 bits per heavy atom. The van der Waals surface area contributed by atoms with Gasteiger partial charge in [-0.25, -0.2) is 8.42 Å². The van der Waals surface area contributed by atoms with Gasteiger partial charge in [0.2, 0.25) is 10.0 Å². The highest BCUT2D eigenvalue weighted by Crippen LogP contribution is 2.35. The van der Waals surface area contributed by atoms with Crippen molar-refractivity contribution in [2.24, 2.45) is 7.05 Å². The highest BCUT2D eigenvalue weighted by Gasteiger charge is 2.24. The second kappa shape index (κ2) is 9.94. The molecule has 1 saturated heterocycles. The number of sulfonamides is 1. The van der Waals surface area contributed by atoms with E-state index in [4.69, 9.17) is 9.84 Å². The number of aliphatic hydroxyl groups excluding tert-OH is 1. The van der Waals surface area contributed by atoms with E-state index < -0.39 is 10.0 Å². The van der Waals surface area contributed by atoms with Gasteiger partial charge in [-0.3, -0.25) is 9.69 Å². The summed E-state index contributed by atoms with van der Waals surface area (Å²) in [5, 5.41) is 9.67. The smallest absolute Gasteiger partial charge is 0.259 e. The van der Waals surface area contributed by atoms with Crippen LogP contribution in [-0.2, 0) is 23.6 Å². The number of rotatable bonds is 8. The first-order valence-corrected chi connectivity index (χ1v) is 13.6. The maximum absolute atomic E-state index is 12.8. The second-order valence-corrected chi connectivity index (χ2v) is 11.4. The highest BCUT2D eigenvalue weighted by atomic mass is 32.2. The second-order valence-electron chi connectivity index (χ2n) is 8.31. The minimum absolute atomic E-state index is 0.0338. The van der Waals surface area contributed by atoms with Gasteiger partial charge < -0.3 is 14.4 Å². The number of nitrogens with zero attached hydrogens (tertiary/aromatic N) is 3. The molecule has 0 aliphatic carbocycles. The van der Waals surface area contributed by atoms with E-state index in [1.54, 1.807) is 23.0 Å². The lowest BCUT2D eigenvalue weighted by atomic mass is 10.1. The van der Waals surface area contributed by atoms with Gasteiger partial charge in [-0.15, -0.1) is 11.3 Å². The van der Waals surface area contributed by atoms with Crippen molar-refractivity contribution in [1.82, 2.24) is 13.8 Å². The van der Waals surface area contributed by atoms with Crippen molar-refractivity contribution in [2.45, 2.75) is 13.0 Å². The van der Waals surface area contributed by atoms with Gasteiger partial charge in [0.05, 0.1) is 18.2 Å². The average Bonchev–Trinajstić information content (AvgIpc) is 3.20. The van der Waals surface area contributed by atoms with E-state index >= 15 is 0 Å². The molecule has 0 radical (unpaired) electrons. The van der Waals surface area contributed by atoms with Crippen LogP contribution >= 0.6 is 11.3 Å². The summed E-state index contributed by atoms with van der Waals surface area (Å²) in [7, 11) is -1.40. The Morgan fingerprint density at radius 2 is 1.91 bits per heavy atom. The number of aryl methyl sites for hydroxylation is 1. The van der Waals surface area contributed by atoms with Gasteiger partial charge in [-0.05, 0) is 23.8 Å². The molecule has 1 fully saturated rings. The molecule has 0 spiro atoms. The molecule has 10 heteroatoms. The molecule has 0 saturated carbocycles. The summed E-state index contributed by atoms with van der Waals surface area (Å²) >= 11 is 1.61. The summed E-state index contributed by atoms with van der Waals surface area (Å²) in [6, 6.07) is 9.74. The van der Waals surface area contributed by atoms with Crippen molar-refractivity contribution < 1.29 is 18.3 Å². The Kier molecular flexibility index (Phi) is 7.20. The Morgan fingerprint density at radius 1 is 1.15 bits per heavy atom. The first kappa shape index (κ1) is 23.9. The molecule has 3 aromatic rings. The molecule has 33 heavy (non-hydrogen) atoms. The molecule has 8 nitrogen and oxygen atoms in total. The van der Waals surface area contributed by atoms with E-state index in [0.717, 1.165) is 26.5 Å². The van der Waals surface area contributed by atoms with E-state index in [1.807, 2.05) is 36.5 Å². The highest BCUT2D eigenvalue weighted by molar-refractivity contribution is 7.88. The third-order valence-electron chi connectivity index (χ3n) is 5.80. The lowest BCUT2D eigenvalue weighted by Crippen LogP contribution is -2.47. The van der Waals surface area contributed by atoms with Crippen LogP contribution < -0.4 is 10.3 Å². The molecule has 1 N–H and O–H groups in total. The maximum atomic E-state index is 12.8. The molecule has 1 aromatic carbocycles. The van der Waals surface area contributed by atoms with E-state index in [9.17, 15) is 13.2 Å². The predicted molar refractivity (Wildman–Crippen MR) is 131 cm³/mol. The van der Waals surface area contributed by atoms with E-state index in [2.05, 4.69) is 4.90 Å². The first-order chi connectivity index (χ1) is 15.8. The van der Waals surface area contributed by atoms with Gasteiger partial charge in [0.1, 0.15) is 5.75 Å². The Balaban J connectivity index is 1.61. The van der Waals surface area contributed by atoms with Crippen LogP contribution in [0.3, 0.4) is 0 Å². The number of piperazine rings is 1. The number of aliphatic hydroxyl groups is 1. The molecule has 4 rings (SSSR count).